The fourth-order valence-corrected chi connectivity index (χ4v) is 1.82. The fourth-order valence-electron chi connectivity index (χ4n) is 1.59. The maximum absolute atomic E-state index is 12.6. The Kier molecular flexibility index (Phi) is 11.9. The number of aliphatic hydroxyl groups is 2. The predicted octanol–water partition coefficient (Wildman–Crippen LogP) is 1.34. The Hall–Kier alpha value is -0.750. The van der Waals surface area contributed by atoms with Crippen molar-refractivity contribution in [3.63, 3.8) is 0 Å². The van der Waals surface area contributed by atoms with E-state index in [1.807, 2.05) is 0 Å². The van der Waals surface area contributed by atoms with Crippen molar-refractivity contribution in [3.8, 4) is 0 Å². The summed E-state index contributed by atoms with van der Waals surface area (Å²) in [5.41, 5.74) is -1.44. The molecule has 0 rings (SSSR count). The molecule has 29 heavy (non-hydrogen) atoms. The molecule has 1 atom stereocenters. The Bertz CT molecular complexity index is 523. The summed E-state index contributed by atoms with van der Waals surface area (Å²) >= 11 is 6.35. The van der Waals surface area contributed by atoms with Gasteiger partial charge in [0, 0.05) is 0 Å². The molecule has 170 valence electrons. The number of carbonyl (C=O) groups is 3. The molecule has 0 spiro atoms. The van der Waals surface area contributed by atoms with Crippen LogP contribution < -0.4 is 0 Å². The molecule has 0 saturated heterocycles. The first-order chi connectivity index (χ1) is 13.1. The maximum Gasteiger partial charge on any atom is 0.322 e. The number of ether oxygens (including phenoxy) is 4. The van der Waals surface area contributed by atoms with E-state index in [1.54, 1.807) is 27.7 Å². The van der Waals surface area contributed by atoms with E-state index in [4.69, 9.17) is 24.1 Å². The molecule has 0 aromatic carbocycles. The van der Waals surface area contributed by atoms with E-state index in [-0.39, 0.29) is 33.0 Å². The molecular formula is C18H30Br2O9. The lowest BCUT2D eigenvalue weighted by Crippen LogP contribution is -2.43. The molecule has 0 aliphatic heterocycles. The molecule has 0 amide bonds. The number of rotatable bonds is 13. The zero-order valence-corrected chi connectivity index (χ0v) is 20.5. The van der Waals surface area contributed by atoms with Crippen LogP contribution in [0.3, 0.4) is 0 Å². The number of hydrogen-bond acceptors (Lipinski definition) is 9. The van der Waals surface area contributed by atoms with Crippen LogP contribution >= 0.6 is 31.9 Å². The van der Waals surface area contributed by atoms with Gasteiger partial charge >= 0.3 is 17.9 Å². The van der Waals surface area contributed by atoms with Gasteiger partial charge in [0.15, 0.2) is 0 Å². The van der Waals surface area contributed by atoms with Gasteiger partial charge in [-0.1, -0.05) is 31.9 Å². The van der Waals surface area contributed by atoms with Crippen molar-refractivity contribution >= 4 is 49.8 Å². The smallest absolute Gasteiger partial charge is 0.322 e. The first-order valence-corrected chi connectivity index (χ1v) is 10.5. The van der Waals surface area contributed by atoms with Crippen LogP contribution in [-0.4, -0.2) is 82.5 Å². The number of hydrogen-bond donors (Lipinski definition) is 2. The zero-order chi connectivity index (χ0) is 22.9. The lowest BCUT2D eigenvalue weighted by atomic mass is 9.93. The zero-order valence-electron chi connectivity index (χ0n) is 17.3. The highest BCUT2D eigenvalue weighted by molar-refractivity contribution is 9.10. The van der Waals surface area contributed by atoms with Crippen LogP contribution in [0.5, 0.6) is 0 Å². The largest absolute Gasteiger partial charge is 0.463 e. The Morgan fingerprint density at radius 1 is 0.828 bits per heavy atom. The van der Waals surface area contributed by atoms with Gasteiger partial charge in [-0.15, -0.1) is 0 Å². The third-order valence-electron chi connectivity index (χ3n) is 3.49. The van der Waals surface area contributed by atoms with E-state index >= 15 is 0 Å². The third kappa shape index (κ3) is 11.3. The Morgan fingerprint density at radius 3 is 1.66 bits per heavy atom. The topological polar surface area (TPSA) is 129 Å². The highest BCUT2D eigenvalue weighted by Crippen LogP contribution is 2.25. The van der Waals surface area contributed by atoms with E-state index < -0.39 is 44.7 Å². The molecule has 0 fully saturated rings. The van der Waals surface area contributed by atoms with Crippen LogP contribution in [0.2, 0.25) is 0 Å². The highest BCUT2D eigenvalue weighted by Gasteiger charge is 2.41. The Labute approximate surface area is 187 Å². The normalized spacial score (nSPS) is 13.6. The quantitative estimate of drug-likeness (QED) is 0.151. The second-order valence-electron chi connectivity index (χ2n) is 7.71. The minimum atomic E-state index is -1.44. The van der Waals surface area contributed by atoms with Gasteiger partial charge in [0.1, 0.15) is 40.0 Å². The van der Waals surface area contributed by atoms with Crippen LogP contribution in [0.15, 0.2) is 0 Å². The van der Waals surface area contributed by atoms with Gasteiger partial charge in [-0.25, -0.2) is 0 Å². The average Bonchev–Trinajstić information content (AvgIpc) is 2.61. The molecule has 0 heterocycles. The Balaban J connectivity index is 4.94. The van der Waals surface area contributed by atoms with Gasteiger partial charge in [0.25, 0.3) is 0 Å². The van der Waals surface area contributed by atoms with Crippen molar-refractivity contribution in [2.24, 2.45) is 5.41 Å². The van der Waals surface area contributed by atoms with Gasteiger partial charge < -0.3 is 29.2 Å². The second kappa shape index (κ2) is 12.2. The van der Waals surface area contributed by atoms with Crippen molar-refractivity contribution in [2.75, 3.05) is 39.6 Å². The number of carbonyl (C=O) groups excluding carboxylic acids is 3. The van der Waals surface area contributed by atoms with Gasteiger partial charge in [0.05, 0.1) is 19.8 Å². The van der Waals surface area contributed by atoms with Crippen molar-refractivity contribution in [2.45, 2.75) is 49.4 Å². The summed E-state index contributed by atoms with van der Waals surface area (Å²) in [6.07, 6.45) is -1.02. The van der Waals surface area contributed by atoms with Gasteiger partial charge in [-0.05, 0) is 34.6 Å². The van der Waals surface area contributed by atoms with E-state index in [0.717, 1.165) is 0 Å². The van der Waals surface area contributed by atoms with Crippen LogP contribution in [0.1, 0.15) is 34.6 Å². The summed E-state index contributed by atoms with van der Waals surface area (Å²) in [6, 6.07) is 0. The van der Waals surface area contributed by atoms with Crippen LogP contribution in [-0.2, 0) is 33.3 Å². The van der Waals surface area contributed by atoms with E-state index in [1.165, 1.54) is 6.92 Å². The maximum atomic E-state index is 12.6. The van der Waals surface area contributed by atoms with Gasteiger partial charge in [-0.3, -0.25) is 14.4 Å². The summed E-state index contributed by atoms with van der Waals surface area (Å²) in [6.45, 7) is 6.40. The van der Waals surface area contributed by atoms with Crippen LogP contribution in [0, 0.1) is 5.41 Å². The number of alkyl halides is 2. The predicted molar refractivity (Wildman–Crippen MR) is 111 cm³/mol. The Morgan fingerprint density at radius 2 is 1.28 bits per heavy atom. The molecule has 9 nitrogen and oxygen atoms in total. The molecule has 1 unspecified atom stereocenters. The minimum absolute atomic E-state index is 0.0126. The fraction of sp³-hybridized carbons (Fsp3) is 0.833. The van der Waals surface area contributed by atoms with Gasteiger partial charge in [0.2, 0.25) is 0 Å². The molecule has 2 N–H and O–H groups in total. The van der Waals surface area contributed by atoms with Gasteiger partial charge in [-0.2, -0.15) is 0 Å². The van der Waals surface area contributed by atoms with Crippen molar-refractivity contribution in [1.29, 1.82) is 0 Å². The van der Waals surface area contributed by atoms with Crippen molar-refractivity contribution in [1.82, 2.24) is 0 Å². The van der Waals surface area contributed by atoms with Crippen molar-refractivity contribution < 1.29 is 43.5 Å². The second-order valence-corrected chi connectivity index (χ2v) is 11.7. The molecule has 0 aromatic rings. The lowest BCUT2D eigenvalue weighted by molar-refractivity contribution is -0.172. The first-order valence-electron chi connectivity index (χ1n) is 8.89. The monoisotopic (exact) mass is 548 g/mol. The summed E-state index contributed by atoms with van der Waals surface area (Å²) in [5.74, 6) is -1.93. The molecule has 11 heteroatoms. The standard InChI is InChI=1S/C18H30Br2O9/c1-16(2,19)13(23)28-10-18(5,11-29-14(24)17(3,4)20)15(25)27-7-6-26-9-12(22)8-21/h12,21-22H,6-11H2,1-5H3. The molecule has 0 radical (unpaired) electrons. The number of halogens is 2. The SMILES string of the molecule is CC(C)(Br)C(=O)OCC(C)(COC(=O)C(C)(C)Br)C(=O)OCCOCC(O)CO. The summed E-state index contributed by atoms with van der Waals surface area (Å²) < 4.78 is 18.7. The number of esters is 3. The van der Waals surface area contributed by atoms with Crippen LogP contribution in [0.25, 0.3) is 0 Å². The summed E-state index contributed by atoms with van der Waals surface area (Å²) in [7, 11) is 0. The molecule has 0 aliphatic carbocycles. The van der Waals surface area contributed by atoms with E-state index in [9.17, 15) is 19.5 Å². The minimum Gasteiger partial charge on any atom is -0.463 e. The molecule has 0 bridgehead atoms. The van der Waals surface area contributed by atoms with Crippen LogP contribution in [0.4, 0.5) is 0 Å². The van der Waals surface area contributed by atoms with E-state index in [2.05, 4.69) is 31.9 Å². The average molecular weight is 550 g/mol. The summed E-state index contributed by atoms with van der Waals surface area (Å²) in [4.78, 5) is 36.6. The van der Waals surface area contributed by atoms with E-state index in [0.29, 0.717) is 0 Å². The number of aliphatic hydroxyl groups excluding tert-OH is 2. The molecule has 0 aromatic heterocycles. The molecule has 0 saturated carbocycles. The summed E-state index contributed by atoms with van der Waals surface area (Å²) in [5, 5.41) is 17.9. The molecular weight excluding hydrogens is 520 g/mol. The lowest BCUT2D eigenvalue weighted by Gasteiger charge is -2.28. The highest BCUT2D eigenvalue weighted by atomic mass is 79.9. The molecule has 0 aliphatic rings. The first kappa shape index (κ1) is 28.2. The third-order valence-corrected chi connectivity index (χ3v) is 4.14. The van der Waals surface area contributed by atoms with Crippen molar-refractivity contribution in [3.05, 3.63) is 0 Å².